The summed E-state index contributed by atoms with van der Waals surface area (Å²) in [6.07, 6.45) is 4.36. The Hall–Kier alpha value is -2.56. The standard InChI is InChI=1S/C24H33N3O2/c1-5-6-10-18(15-25-17-11-8-7-9-12-17)26-23(29)22-16(2)21-19(27-22)13-24(3,4)14-20(21)28/h7-9,11-12,18,25,27H,5-6,10,13-15H2,1-4H3,(H,26,29)/t18-/m0/s1. The topological polar surface area (TPSA) is 74.0 Å². The van der Waals surface area contributed by atoms with Crippen LogP contribution in [0.5, 0.6) is 0 Å². The highest BCUT2D eigenvalue weighted by Gasteiger charge is 2.35. The van der Waals surface area contributed by atoms with E-state index in [0.717, 1.165) is 48.2 Å². The van der Waals surface area contributed by atoms with Crippen molar-refractivity contribution in [2.75, 3.05) is 11.9 Å². The van der Waals surface area contributed by atoms with Gasteiger partial charge in [-0.3, -0.25) is 9.59 Å². The molecule has 0 aliphatic heterocycles. The lowest BCUT2D eigenvalue weighted by molar-refractivity contribution is 0.0908. The van der Waals surface area contributed by atoms with E-state index >= 15 is 0 Å². The monoisotopic (exact) mass is 395 g/mol. The minimum absolute atomic E-state index is 0.0227. The van der Waals surface area contributed by atoms with Crippen LogP contribution < -0.4 is 10.6 Å². The fourth-order valence-electron chi connectivity index (χ4n) is 4.19. The Labute approximate surface area is 173 Å². The molecule has 5 nitrogen and oxygen atoms in total. The highest BCUT2D eigenvalue weighted by molar-refractivity contribution is 6.04. The van der Waals surface area contributed by atoms with Gasteiger partial charge in [-0.2, -0.15) is 0 Å². The maximum absolute atomic E-state index is 13.1. The number of anilines is 1. The smallest absolute Gasteiger partial charge is 0.268 e. The van der Waals surface area contributed by atoms with Crippen molar-refractivity contribution in [1.82, 2.24) is 10.3 Å². The SMILES string of the molecule is CCCC[C@@H](CNc1ccccc1)NC(=O)c1[nH]c2c(c1C)C(=O)CC(C)(C)C2. The van der Waals surface area contributed by atoms with Crippen LogP contribution in [0.2, 0.25) is 0 Å². The van der Waals surface area contributed by atoms with Gasteiger partial charge in [-0.05, 0) is 42.9 Å². The van der Waals surface area contributed by atoms with E-state index in [1.807, 2.05) is 37.3 Å². The van der Waals surface area contributed by atoms with E-state index in [-0.39, 0.29) is 23.1 Å². The van der Waals surface area contributed by atoms with Gasteiger partial charge in [-0.15, -0.1) is 0 Å². The molecule has 3 N–H and O–H groups in total. The molecule has 29 heavy (non-hydrogen) atoms. The normalized spacial score (nSPS) is 16.2. The number of aromatic nitrogens is 1. The van der Waals surface area contributed by atoms with Crippen molar-refractivity contribution in [3.8, 4) is 0 Å². The first-order valence-corrected chi connectivity index (χ1v) is 10.6. The Bertz CT molecular complexity index is 868. The van der Waals surface area contributed by atoms with Crippen molar-refractivity contribution < 1.29 is 9.59 Å². The van der Waals surface area contributed by atoms with Crippen LogP contribution in [0.15, 0.2) is 30.3 Å². The van der Waals surface area contributed by atoms with Gasteiger partial charge < -0.3 is 15.6 Å². The molecule has 1 aromatic heterocycles. The van der Waals surface area contributed by atoms with Crippen LogP contribution in [0.25, 0.3) is 0 Å². The predicted molar refractivity (Wildman–Crippen MR) is 118 cm³/mol. The van der Waals surface area contributed by atoms with Gasteiger partial charge in [0.2, 0.25) is 0 Å². The zero-order valence-corrected chi connectivity index (χ0v) is 18.0. The molecule has 1 aliphatic carbocycles. The van der Waals surface area contributed by atoms with Gasteiger partial charge in [0, 0.05) is 36.0 Å². The number of Topliss-reactive ketones (excluding diaryl/α,β-unsaturated/α-hetero) is 1. The number of hydrogen-bond donors (Lipinski definition) is 3. The van der Waals surface area contributed by atoms with Gasteiger partial charge in [0.25, 0.3) is 5.91 Å². The van der Waals surface area contributed by atoms with E-state index < -0.39 is 0 Å². The number of carbonyl (C=O) groups excluding carboxylic acids is 2. The van der Waals surface area contributed by atoms with Crippen LogP contribution in [0.4, 0.5) is 5.69 Å². The summed E-state index contributed by atoms with van der Waals surface area (Å²) in [6.45, 7) is 8.89. The zero-order chi connectivity index (χ0) is 21.0. The molecule has 0 radical (unpaired) electrons. The number of hydrogen-bond acceptors (Lipinski definition) is 3. The molecule has 0 bridgehead atoms. The summed E-state index contributed by atoms with van der Waals surface area (Å²) in [6, 6.07) is 10.0. The van der Waals surface area contributed by atoms with Crippen molar-refractivity contribution in [3.05, 3.63) is 52.8 Å². The second-order valence-electron chi connectivity index (χ2n) is 8.98. The Balaban J connectivity index is 1.73. The van der Waals surface area contributed by atoms with Crippen LogP contribution >= 0.6 is 0 Å². The summed E-state index contributed by atoms with van der Waals surface area (Å²) in [5.74, 6) is 0.01000. The van der Waals surface area contributed by atoms with Gasteiger partial charge in [0.15, 0.2) is 5.78 Å². The second-order valence-corrected chi connectivity index (χ2v) is 8.98. The van der Waals surface area contributed by atoms with E-state index in [9.17, 15) is 9.59 Å². The lowest BCUT2D eigenvalue weighted by atomic mass is 9.75. The molecule has 1 aromatic carbocycles. The Morgan fingerprint density at radius 3 is 2.62 bits per heavy atom. The number of amides is 1. The van der Waals surface area contributed by atoms with E-state index in [1.165, 1.54) is 0 Å². The summed E-state index contributed by atoms with van der Waals surface area (Å²) < 4.78 is 0. The summed E-state index contributed by atoms with van der Waals surface area (Å²) >= 11 is 0. The maximum Gasteiger partial charge on any atom is 0.268 e. The number of H-pyrrole nitrogens is 1. The number of benzene rings is 1. The van der Waals surface area contributed by atoms with Crippen molar-refractivity contribution in [2.45, 2.75) is 65.8 Å². The molecule has 1 heterocycles. The van der Waals surface area contributed by atoms with Gasteiger partial charge in [0.05, 0.1) is 0 Å². The van der Waals surface area contributed by atoms with Crippen molar-refractivity contribution in [1.29, 1.82) is 0 Å². The molecule has 0 saturated heterocycles. The molecule has 0 fully saturated rings. The molecule has 1 aliphatic rings. The third-order valence-electron chi connectivity index (χ3n) is 5.70. The molecule has 5 heteroatoms. The number of unbranched alkanes of at least 4 members (excludes halogenated alkanes) is 1. The first-order valence-electron chi connectivity index (χ1n) is 10.6. The summed E-state index contributed by atoms with van der Waals surface area (Å²) in [5, 5.41) is 6.59. The van der Waals surface area contributed by atoms with Crippen molar-refractivity contribution in [3.63, 3.8) is 0 Å². The highest BCUT2D eigenvalue weighted by Crippen LogP contribution is 2.36. The van der Waals surface area contributed by atoms with E-state index in [0.29, 0.717) is 18.7 Å². The van der Waals surface area contributed by atoms with E-state index in [4.69, 9.17) is 0 Å². The molecular weight excluding hydrogens is 362 g/mol. The van der Waals surface area contributed by atoms with Crippen molar-refractivity contribution in [2.24, 2.45) is 5.41 Å². The minimum Gasteiger partial charge on any atom is -0.383 e. The fourth-order valence-corrected chi connectivity index (χ4v) is 4.19. The van der Waals surface area contributed by atoms with Crippen molar-refractivity contribution >= 4 is 17.4 Å². The summed E-state index contributed by atoms with van der Waals surface area (Å²) in [4.78, 5) is 28.9. The fraction of sp³-hybridized carbons (Fsp3) is 0.500. The average Bonchev–Trinajstić information content (AvgIpc) is 3.00. The van der Waals surface area contributed by atoms with Crippen LogP contribution in [-0.4, -0.2) is 29.3 Å². The molecule has 1 atom stereocenters. The predicted octanol–water partition coefficient (Wildman–Crippen LogP) is 4.88. The van der Waals surface area contributed by atoms with Crippen LogP contribution in [-0.2, 0) is 6.42 Å². The second kappa shape index (κ2) is 8.85. The van der Waals surface area contributed by atoms with Crippen LogP contribution in [0.1, 0.15) is 78.6 Å². The Kier molecular flexibility index (Phi) is 6.46. The van der Waals surface area contributed by atoms with Crippen LogP contribution in [0.3, 0.4) is 0 Å². The third-order valence-corrected chi connectivity index (χ3v) is 5.70. The summed E-state index contributed by atoms with van der Waals surface area (Å²) in [5.41, 5.74) is 3.91. The Morgan fingerprint density at radius 1 is 1.21 bits per heavy atom. The number of nitrogens with one attached hydrogen (secondary N) is 3. The quantitative estimate of drug-likeness (QED) is 0.596. The number of carbonyl (C=O) groups is 2. The first-order chi connectivity index (χ1) is 13.8. The van der Waals surface area contributed by atoms with Gasteiger partial charge in [-0.1, -0.05) is 51.8 Å². The van der Waals surface area contributed by atoms with Gasteiger partial charge in [0.1, 0.15) is 5.69 Å². The molecule has 1 amide bonds. The minimum atomic E-state index is -0.126. The maximum atomic E-state index is 13.1. The van der Waals surface area contributed by atoms with Gasteiger partial charge in [-0.25, -0.2) is 0 Å². The lowest BCUT2D eigenvalue weighted by Gasteiger charge is -2.28. The molecule has 0 spiro atoms. The largest absolute Gasteiger partial charge is 0.383 e. The number of fused-ring (bicyclic) bond motifs is 1. The highest BCUT2D eigenvalue weighted by atomic mass is 16.2. The number of para-hydroxylation sites is 1. The number of aromatic amines is 1. The third kappa shape index (κ3) is 5.08. The zero-order valence-electron chi connectivity index (χ0n) is 18.0. The van der Waals surface area contributed by atoms with E-state index in [2.05, 4.69) is 36.4 Å². The molecule has 0 unspecified atom stereocenters. The number of ketones is 1. The molecule has 0 saturated carbocycles. The van der Waals surface area contributed by atoms with Gasteiger partial charge >= 0.3 is 0 Å². The molecule has 156 valence electrons. The Morgan fingerprint density at radius 2 is 1.93 bits per heavy atom. The molecule has 2 aromatic rings. The summed E-state index contributed by atoms with van der Waals surface area (Å²) in [7, 11) is 0. The molecular formula is C24H33N3O2. The van der Waals surface area contributed by atoms with E-state index in [1.54, 1.807) is 0 Å². The molecule has 3 rings (SSSR count). The van der Waals surface area contributed by atoms with Crippen LogP contribution in [0, 0.1) is 12.3 Å². The average molecular weight is 396 g/mol. The first kappa shape index (κ1) is 21.2. The lowest BCUT2D eigenvalue weighted by Crippen LogP contribution is -2.40. The number of rotatable bonds is 8.